The fourth-order valence-electron chi connectivity index (χ4n) is 3.15. The van der Waals surface area contributed by atoms with E-state index in [0.717, 1.165) is 10.9 Å². The van der Waals surface area contributed by atoms with Crippen LogP contribution in [0.25, 0.3) is 27.5 Å². The monoisotopic (exact) mass is 500 g/mol. The molecule has 0 bridgehead atoms. The predicted molar refractivity (Wildman–Crippen MR) is 110 cm³/mol. The minimum Gasteiger partial charge on any atom is -0.399 e. The third kappa shape index (κ3) is 3.78. The summed E-state index contributed by atoms with van der Waals surface area (Å²) in [6, 6.07) is 8.05. The Bertz CT molecular complexity index is 1760. The van der Waals surface area contributed by atoms with Crippen LogP contribution in [0.3, 0.4) is 0 Å². The summed E-state index contributed by atoms with van der Waals surface area (Å²) < 4.78 is 100. The first kappa shape index (κ1) is 22.1. The number of rotatable bonds is 4. The van der Waals surface area contributed by atoms with Crippen molar-refractivity contribution in [2.45, 2.75) is 14.7 Å². The van der Waals surface area contributed by atoms with Crippen LogP contribution in [0.4, 0.5) is 5.69 Å². The lowest BCUT2D eigenvalue weighted by Gasteiger charge is -2.10. The highest BCUT2D eigenvalue weighted by atomic mass is 32.2. The summed E-state index contributed by atoms with van der Waals surface area (Å²) in [5, 5.41) is 7.02. The quantitative estimate of drug-likeness (QED) is 0.227. The van der Waals surface area contributed by atoms with E-state index in [0.29, 0.717) is 23.5 Å². The van der Waals surface area contributed by atoms with Gasteiger partial charge in [-0.1, -0.05) is 6.07 Å². The number of anilines is 1. The molecule has 4 rings (SSSR count). The number of aromatic nitrogens is 3. The first-order chi connectivity index (χ1) is 14.7. The highest BCUT2D eigenvalue weighted by Gasteiger charge is 2.28. The Hall–Kier alpha value is -3.15. The Balaban J connectivity index is 2.28. The number of benzene rings is 3. The van der Waals surface area contributed by atoms with E-state index in [2.05, 4.69) is 10.2 Å². The SMILES string of the molecule is Nc1cccc(-n2nc3cc(S(=O)(=O)O)c4cc(S(=O)(=O)O)cc(S(=O)(=O)O)c4c3n2)c1. The molecule has 168 valence electrons. The average Bonchev–Trinajstić information content (AvgIpc) is 3.08. The van der Waals surface area contributed by atoms with Gasteiger partial charge in [0.25, 0.3) is 30.4 Å². The van der Waals surface area contributed by atoms with Gasteiger partial charge in [0.15, 0.2) is 0 Å². The standard InChI is InChI=1S/C16H12N4O9S3/c17-8-2-1-3-9(4-8)20-18-12-7-13(31(24,25)26)11-5-10(30(21,22)23)6-14(32(27,28)29)15(11)16(12)19-20/h1-7H,17H2,(H,21,22,23)(H,24,25,26)(H,27,28,29). The van der Waals surface area contributed by atoms with Crippen molar-refractivity contribution in [3.63, 3.8) is 0 Å². The van der Waals surface area contributed by atoms with E-state index in [-0.39, 0.29) is 11.0 Å². The van der Waals surface area contributed by atoms with Crippen molar-refractivity contribution in [3.8, 4) is 5.69 Å². The normalized spacial score (nSPS) is 13.1. The first-order valence-electron chi connectivity index (χ1n) is 8.32. The molecule has 0 radical (unpaired) electrons. The summed E-state index contributed by atoms with van der Waals surface area (Å²) in [6.07, 6.45) is 0. The van der Waals surface area contributed by atoms with Crippen LogP contribution in [0.1, 0.15) is 0 Å². The molecule has 0 atom stereocenters. The van der Waals surface area contributed by atoms with Crippen molar-refractivity contribution in [3.05, 3.63) is 42.5 Å². The van der Waals surface area contributed by atoms with Crippen molar-refractivity contribution in [1.82, 2.24) is 15.0 Å². The fraction of sp³-hybridized carbons (Fsp3) is 0. The van der Waals surface area contributed by atoms with Crippen LogP contribution in [-0.2, 0) is 30.4 Å². The van der Waals surface area contributed by atoms with Crippen molar-refractivity contribution >= 4 is 57.8 Å². The van der Waals surface area contributed by atoms with Gasteiger partial charge >= 0.3 is 0 Å². The van der Waals surface area contributed by atoms with Gasteiger partial charge in [0.1, 0.15) is 20.8 Å². The Kier molecular flexibility index (Phi) is 4.77. The molecule has 0 unspecified atom stereocenters. The minimum atomic E-state index is -5.18. The zero-order chi connectivity index (χ0) is 23.6. The van der Waals surface area contributed by atoms with Gasteiger partial charge in [0.2, 0.25) is 0 Å². The average molecular weight is 500 g/mol. The first-order valence-corrected chi connectivity index (χ1v) is 12.6. The van der Waals surface area contributed by atoms with E-state index in [1.165, 1.54) is 6.07 Å². The summed E-state index contributed by atoms with van der Waals surface area (Å²) in [6.45, 7) is 0. The Morgan fingerprint density at radius 1 is 0.781 bits per heavy atom. The topological polar surface area (TPSA) is 220 Å². The van der Waals surface area contributed by atoms with Gasteiger partial charge in [0, 0.05) is 16.5 Å². The Morgan fingerprint density at radius 3 is 2.00 bits per heavy atom. The highest BCUT2D eigenvalue weighted by Crippen LogP contribution is 2.36. The fourth-order valence-corrected chi connectivity index (χ4v) is 5.20. The molecule has 1 heterocycles. The van der Waals surface area contributed by atoms with Gasteiger partial charge in [-0.15, -0.1) is 10.2 Å². The molecule has 0 spiro atoms. The molecule has 0 amide bonds. The molecule has 0 aliphatic carbocycles. The number of hydrogen-bond donors (Lipinski definition) is 4. The van der Waals surface area contributed by atoms with Crippen LogP contribution < -0.4 is 5.73 Å². The van der Waals surface area contributed by atoms with Crippen molar-refractivity contribution in [2.75, 3.05) is 5.73 Å². The number of nitrogens with zero attached hydrogens (tertiary/aromatic N) is 3. The molecule has 5 N–H and O–H groups in total. The van der Waals surface area contributed by atoms with Crippen LogP contribution in [-0.4, -0.2) is 53.9 Å². The molecule has 0 saturated carbocycles. The molecular weight excluding hydrogens is 488 g/mol. The maximum absolute atomic E-state index is 12.0. The van der Waals surface area contributed by atoms with Crippen LogP contribution in [0, 0.1) is 0 Å². The van der Waals surface area contributed by atoms with E-state index in [1.54, 1.807) is 18.2 Å². The Labute approximate surface area is 180 Å². The molecule has 1 aromatic heterocycles. The van der Waals surface area contributed by atoms with Crippen LogP contribution in [0.2, 0.25) is 0 Å². The van der Waals surface area contributed by atoms with E-state index in [1.807, 2.05) is 0 Å². The maximum Gasteiger partial charge on any atom is 0.295 e. The second kappa shape index (κ2) is 6.92. The van der Waals surface area contributed by atoms with Gasteiger partial charge in [-0.2, -0.15) is 30.0 Å². The second-order valence-electron chi connectivity index (χ2n) is 6.60. The van der Waals surface area contributed by atoms with Gasteiger partial charge in [-0.05, 0) is 36.4 Å². The lowest BCUT2D eigenvalue weighted by Crippen LogP contribution is -2.07. The van der Waals surface area contributed by atoms with Crippen molar-refractivity contribution < 1.29 is 38.9 Å². The number of fused-ring (bicyclic) bond motifs is 3. The smallest absolute Gasteiger partial charge is 0.295 e. The van der Waals surface area contributed by atoms with Gasteiger partial charge < -0.3 is 5.73 Å². The van der Waals surface area contributed by atoms with Gasteiger partial charge in [0.05, 0.1) is 10.6 Å². The van der Waals surface area contributed by atoms with Gasteiger partial charge in [-0.25, -0.2) is 0 Å². The molecule has 0 fully saturated rings. The van der Waals surface area contributed by atoms with Crippen LogP contribution in [0.5, 0.6) is 0 Å². The molecule has 0 saturated heterocycles. The van der Waals surface area contributed by atoms with Gasteiger partial charge in [-0.3, -0.25) is 13.7 Å². The maximum atomic E-state index is 12.0. The van der Waals surface area contributed by atoms with Crippen molar-refractivity contribution in [2.24, 2.45) is 0 Å². The largest absolute Gasteiger partial charge is 0.399 e. The molecule has 3 aromatic carbocycles. The second-order valence-corrected chi connectivity index (χ2v) is 10.8. The molecule has 16 heteroatoms. The predicted octanol–water partition coefficient (Wildman–Crippen LogP) is 0.896. The molecule has 13 nitrogen and oxygen atoms in total. The van der Waals surface area contributed by atoms with Crippen LogP contribution >= 0.6 is 0 Å². The summed E-state index contributed by atoms with van der Waals surface area (Å²) in [7, 11) is -15.3. The van der Waals surface area contributed by atoms with Crippen molar-refractivity contribution in [1.29, 1.82) is 0 Å². The molecule has 32 heavy (non-hydrogen) atoms. The summed E-state index contributed by atoms with van der Waals surface area (Å²) >= 11 is 0. The molecule has 0 aliphatic rings. The minimum absolute atomic E-state index is 0.211. The lowest BCUT2D eigenvalue weighted by atomic mass is 10.1. The Morgan fingerprint density at radius 2 is 1.44 bits per heavy atom. The third-order valence-electron chi connectivity index (χ3n) is 4.44. The lowest BCUT2D eigenvalue weighted by molar-refractivity contribution is 0.478. The van der Waals surface area contributed by atoms with E-state index >= 15 is 0 Å². The highest BCUT2D eigenvalue weighted by molar-refractivity contribution is 7.87. The zero-order valence-electron chi connectivity index (χ0n) is 15.5. The molecule has 4 aromatic rings. The third-order valence-corrected chi connectivity index (χ3v) is 7.04. The summed E-state index contributed by atoms with van der Waals surface area (Å²) in [4.78, 5) is -2.03. The number of nitrogens with two attached hydrogens (primary N) is 1. The molecular formula is C16H12N4O9S3. The zero-order valence-corrected chi connectivity index (χ0v) is 17.9. The number of hydrogen-bond acceptors (Lipinski definition) is 9. The van der Waals surface area contributed by atoms with E-state index in [4.69, 9.17) is 5.73 Å². The summed E-state index contributed by atoms with van der Waals surface area (Å²) in [5.74, 6) is 0. The number of nitrogen functional groups attached to an aromatic ring is 1. The molecule has 0 aliphatic heterocycles. The van der Waals surface area contributed by atoms with Crippen LogP contribution in [0.15, 0.2) is 57.2 Å². The summed E-state index contributed by atoms with van der Waals surface area (Å²) in [5.41, 5.74) is 5.92. The van der Waals surface area contributed by atoms with E-state index in [9.17, 15) is 38.9 Å². The van der Waals surface area contributed by atoms with E-state index < -0.39 is 55.8 Å².